The molecule has 1 aromatic carbocycles. The number of benzene rings is 1. The molecule has 0 radical (unpaired) electrons. The number of hydrogen-bond donors (Lipinski definition) is 3. The van der Waals surface area contributed by atoms with E-state index in [9.17, 15) is 24.8 Å². The van der Waals surface area contributed by atoms with Gasteiger partial charge in [-0.15, -0.1) is 0 Å². The van der Waals surface area contributed by atoms with E-state index in [0.29, 0.717) is 35.7 Å². The van der Waals surface area contributed by atoms with Crippen LogP contribution in [0.2, 0.25) is 5.02 Å². The second-order valence-corrected chi connectivity index (χ2v) is 12.7. The van der Waals surface area contributed by atoms with Crippen molar-refractivity contribution in [3.63, 3.8) is 0 Å². The van der Waals surface area contributed by atoms with Crippen LogP contribution in [0.25, 0.3) is 11.3 Å². The van der Waals surface area contributed by atoms with Gasteiger partial charge in [-0.2, -0.15) is 5.10 Å². The first-order valence-corrected chi connectivity index (χ1v) is 16.6. The zero-order valence-electron chi connectivity index (χ0n) is 26.4. The minimum absolute atomic E-state index is 0.0384. The van der Waals surface area contributed by atoms with Crippen molar-refractivity contribution in [3.05, 3.63) is 57.5 Å². The minimum atomic E-state index is -0.902. The smallest absolute Gasteiger partial charge is 0.412 e. The molecule has 3 N–H and O–H groups in total. The first-order valence-electron chi connectivity index (χ1n) is 16.2. The summed E-state index contributed by atoms with van der Waals surface area (Å²) < 4.78 is 7.03. The van der Waals surface area contributed by atoms with Crippen molar-refractivity contribution in [1.29, 1.82) is 0 Å². The van der Waals surface area contributed by atoms with Gasteiger partial charge in [-0.3, -0.25) is 14.8 Å². The Balaban J connectivity index is 1.01. The van der Waals surface area contributed by atoms with Crippen LogP contribution < -0.4 is 15.4 Å². The Morgan fingerprint density at radius 3 is 2.49 bits per heavy atom. The molecule has 2 heterocycles. The predicted molar refractivity (Wildman–Crippen MR) is 176 cm³/mol. The quantitative estimate of drug-likeness (QED) is 0.0927. The van der Waals surface area contributed by atoms with E-state index >= 15 is 0 Å². The molecule has 0 unspecified atom stereocenters. The lowest BCUT2D eigenvalue weighted by atomic mass is 9.90. The summed E-state index contributed by atoms with van der Waals surface area (Å²) in [6.07, 6.45) is 11.6. The molecule has 2 saturated carbocycles. The molecular weight excluding hydrogens is 628 g/mol. The fraction of sp³-hybridized carbons (Fsp3) is 0.531. The standard InChI is InChI=1S/C32H41ClN8O6/c1-39-28(18-21-6-7-21)26(19-36-39)29-27(33)20-35-30(38-29)37-22-8-10-23(11-9-22)40(32(43)44)17-5-3-2-4-16-34-31(42)47-25-14-12-24(13-15-25)41(45)46/h12-15,19-23H,2-11,16-18H2,1H3,(H,34,42)(H,43,44)(H,35,37,38). The number of carbonyl (C=O) groups is 2. The summed E-state index contributed by atoms with van der Waals surface area (Å²) in [5, 5.41) is 31.7. The van der Waals surface area contributed by atoms with E-state index in [0.717, 1.165) is 69.0 Å². The van der Waals surface area contributed by atoms with Crippen LogP contribution in [0.4, 0.5) is 21.2 Å². The first kappa shape index (κ1) is 33.9. The Bertz CT molecular complexity index is 1540. The van der Waals surface area contributed by atoms with Crippen LogP contribution in [-0.2, 0) is 13.5 Å². The summed E-state index contributed by atoms with van der Waals surface area (Å²) in [5.74, 6) is 1.43. The van der Waals surface area contributed by atoms with Crippen molar-refractivity contribution in [2.75, 3.05) is 18.4 Å². The Kier molecular flexibility index (Phi) is 11.5. The van der Waals surface area contributed by atoms with E-state index in [4.69, 9.17) is 21.3 Å². The molecule has 0 spiro atoms. The average molecular weight is 669 g/mol. The fourth-order valence-electron chi connectivity index (χ4n) is 6.00. The van der Waals surface area contributed by atoms with Crippen molar-refractivity contribution in [3.8, 4) is 17.0 Å². The van der Waals surface area contributed by atoms with Crippen LogP contribution >= 0.6 is 11.6 Å². The summed E-state index contributed by atoms with van der Waals surface area (Å²) >= 11 is 6.53. The van der Waals surface area contributed by atoms with Crippen LogP contribution in [0, 0.1) is 16.0 Å². The molecule has 5 rings (SSSR count). The minimum Gasteiger partial charge on any atom is -0.465 e. The molecular formula is C32H41ClN8O6. The maximum Gasteiger partial charge on any atom is 0.412 e. The normalized spacial score (nSPS) is 17.6. The van der Waals surface area contributed by atoms with E-state index < -0.39 is 17.1 Å². The van der Waals surface area contributed by atoms with Crippen LogP contribution in [0.1, 0.15) is 69.9 Å². The SMILES string of the molecule is Cn1ncc(-c2nc(NC3CCC(N(CCCCCCNC(=O)Oc4ccc([N+](=O)[O-])cc4)C(=O)O)CC3)ncc2Cl)c1CC1CC1. The predicted octanol–water partition coefficient (Wildman–Crippen LogP) is 6.44. The van der Waals surface area contributed by atoms with E-state index in [1.54, 1.807) is 11.1 Å². The molecule has 0 saturated heterocycles. The maximum absolute atomic E-state index is 12.1. The molecule has 2 aliphatic rings. The summed E-state index contributed by atoms with van der Waals surface area (Å²) in [5.41, 5.74) is 2.67. The highest BCUT2D eigenvalue weighted by Crippen LogP contribution is 2.37. The Morgan fingerprint density at radius 1 is 1.09 bits per heavy atom. The number of nitro benzene ring substituents is 1. The number of nitro groups is 1. The third-order valence-corrected chi connectivity index (χ3v) is 9.09. The largest absolute Gasteiger partial charge is 0.465 e. The average Bonchev–Trinajstić information content (AvgIpc) is 3.81. The highest BCUT2D eigenvalue weighted by atomic mass is 35.5. The van der Waals surface area contributed by atoms with E-state index in [1.807, 2.05) is 17.9 Å². The third-order valence-electron chi connectivity index (χ3n) is 8.81. The topological polar surface area (TPSA) is 178 Å². The van der Waals surface area contributed by atoms with Gasteiger partial charge < -0.3 is 25.4 Å². The number of nitrogens with one attached hydrogen (secondary N) is 2. The van der Waals surface area contributed by atoms with Gasteiger partial charge in [-0.25, -0.2) is 19.6 Å². The van der Waals surface area contributed by atoms with Gasteiger partial charge in [0.2, 0.25) is 5.95 Å². The lowest BCUT2D eigenvalue weighted by Crippen LogP contribution is -2.44. The second kappa shape index (κ2) is 15.9. The Morgan fingerprint density at radius 2 is 1.81 bits per heavy atom. The van der Waals surface area contributed by atoms with E-state index in [2.05, 4.69) is 20.7 Å². The van der Waals surface area contributed by atoms with Crippen molar-refractivity contribution in [1.82, 2.24) is 30.0 Å². The molecule has 14 nitrogen and oxygen atoms in total. The van der Waals surface area contributed by atoms with E-state index in [1.165, 1.54) is 37.1 Å². The van der Waals surface area contributed by atoms with Crippen LogP contribution in [-0.4, -0.2) is 72.0 Å². The number of amides is 2. The number of carbonyl (C=O) groups excluding carboxylic acids is 1. The van der Waals surface area contributed by atoms with Crippen molar-refractivity contribution >= 4 is 35.4 Å². The second-order valence-electron chi connectivity index (χ2n) is 12.3. The zero-order valence-corrected chi connectivity index (χ0v) is 27.2. The summed E-state index contributed by atoms with van der Waals surface area (Å²) in [7, 11) is 1.95. The number of rotatable bonds is 15. The maximum atomic E-state index is 12.1. The number of anilines is 1. The van der Waals surface area contributed by atoms with E-state index in [-0.39, 0.29) is 23.5 Å². The molecule has 2 amide bonds. The number of nitrogens with zero attached hydrogens (tertiary/aromatic N) is 6. The number of carboxylic acid groups (broad SMARTS) is 1. The van der Waals surface area contributed by atoms with Gasteiger partial charge in [0.25, 0.3) is 5.69 Å². The molecule has 2 aromatic heterocycles. The number of aromatic nitrogens is 4. The van der Waals surface area contributed by atoms with Gasteiger partial charge >= 0.3 is 12.2 Å². The van der Waals surface area contributed by atoms with Gasteiger partial charge in [0.15, 0.2) is 0 Å². The summed E-state index contributed by atoms with van der Waals surface area (Å²) in [6, 6.07) is 5.37. The molecule has 0 atom stereocenters. The molecule has 2 fully saturated rings. The van der Waals surface area contributed by atoms with Crippen LogP contribution in [0.15, 0.2) is 36.7 Å². The number of halogens is 1. The Hall–Kier alpha value is -4.46. The van der Waals surface area contributed by atoms with Crippen LogP contribution in [0.3, 0.4) is 0 Å². The fourth-order valence-corrected chi connectivity index (χ4v) is 6.20. The van der Waals surface area contributed by atoms with Crippen molar-refractivity contribution in [2.24, 2.45) is 13.0 Å². The first-order chi connectivity index (χ1) is 22.7. The number of non-ortho nitro benzene ring substituents is 1. The van der Waals surface area contributed by atoms with Crippen molar-refractivity contribution in [2.45, 2.75) is 82.7 Å². The molecule has 47 heavy (non-hydrogen) atoms. The van der Waals surface area contributed by atoms with Gasteiger partial charge in [0.1, 0.15) is 5.75 Å². The van der Waals surface area contributed by atoms with Crippen molar-refractivity contribution < 1.29 is 24.4 Å². The highest BCUT2D eigenvalue weighted by molar-refractivity contribution is 6.33. The third kappa shape index (κ3) is 9.53. The zero-order chi connectivity index (χ0) is 33.3. The molecule has 0 bridgehead atoms. The number of unbranched alkanes of at least 4 members (excludes halogenated alkanes) is 3. The van der Waals surface area contributed by atoms with Crippen LogP contribution in [0.5, 0.6) is 5.75 Å². The summed E-state index contributed by atoms with van der Waals surface area (Å²) in [6.45, 7) is 0.875. The highest BCUT2D eigenvalue weighted by Gasteiger charge is 2.30. The molecule has 15 heteroatoms. The monoisotopic (exact) mass is 668 g/mol. The molecule has 0 aliphatic heterocycles. The van der Waals surface area contributed by atoms with Gasteiger partial charge in [-0.1, -0.05) is 24.4 Å². The number of ether oxygens (including phenoxy) is 1. The molecule has 2 aliphatic carbocycles. The molecule has 252 valence electrons. The van der Waals surface area contributed by atoms with Gasteiger partial charge in [-0.05, 0) is 75.8 Å². The van der Waals surface area contributed by atoms with Gasteiger partial charge in [0, 0.05) is 55.6 Å². The summed E-state index contributed by atoms with van der Waals surface area (Å²) in [4.78, 5) is 45.0. The lowest BCUT2D eigenvalue weighted by molar-refractivity contribution is -0.384. The number of aryl methyl sites for hydroxylation is 1. The Labute approximate surface area is 278 Å². The number of hydrogen-bond acceptors (Lipinski definition) is 9. The lowest BCUT2D eigenvalue weighted by Gasteiger charge is -2.35. The van der Waals surface area contributed by atoms with Gasteiger partial charge in [0.05, 0.1) is 28.0 Å². The molecule has 3 aromatic rings.